The SMILES string of the molecule is CC[C@H](NC(=O)COc1cccc(Cl)c1)c1ccc(C)c(C)c1. The quantitative estimate of drug-likeness (QED) is 0.839. The van der Waals surface area contributed by atoms with Crippen molar-refractivity contribution >= 4 is 17.5 Å². The fraction of sp³-hybridized carbons (Fsp3) is 0.316. The second-order valence-corrected chi connectivity index (χ2v) is 6.05. The molecule has 0 saturated carbocycles. The van der Waals surface area contributed by atoms with Crippen LogP contribution in [-0.4, -0.2) is 12.5 Å². The van der Waals surface area contributed by atoms with Crippen LogP contribution in [0.4, 0.5) is 0 Å². The Labute approximate surface area is 142 Å². The van der Waals surface area contributed by atoms with Crippen molar-refractivity contribution in [3.63, 3.8) is 0 Å². The summed E-state index contributed by atoms with van der Waals surface area (Å²) >= 11 is 5.89. The van der Waals surface area contributed by atoms with Gasteiger partial charge in [0, 0.05) is 5.02 Å². The molecule has 1 amide bonds. The standard InChI is InChI=1S/C19H22ClNO2/c1-4-18(15-9-8-13(2)14(3)10-15)21-19(22)12-23-17-7-5-6-16(20)11-17/h5-11,18H,4,12H2,1-3H3,(H,21,22)/t18-/m0/s1. The van der Waals surface area contributed by atoms with E-state index in [4.69, 9.17) is 16.3 Å². The van der Waals surface area contributed by atoms with Crippen molar-refractivity contribution in [2.45, 2.75) is 33.2 Å². The zero-order chi connectivity index (χ0) is 16.8. The summed E-state index contributed by atoms with van der Waals surface area (Å²) in [7, 11) is 0. The Morgan fingerprint density at radius 1 is 1.17 bits per heavy atom. The number of carbonyl (C=O) groups excluding carboxylic acids is 1. The van der Waals surface area contributed by atoms with Crippen LogP contribution in [0.25, 0.3) is 0 Å². The van der Waals surface area contributed by atoms with Gasteiger partial charge in [0.2, 0.25) is 0 Å². The maximum atomic E-state index is 12.1. The maximum absolute atomic E-state index is 12.1. The fourth-order valence-corrected chi connectivity index (χ4v) is 2.52. The van der Waals surface area contributed by atoms with Gasteiger partial charge < -0.3 is 10.1 Å². The largest absolute Gasteiger partial charge is 0.484 e. The summed E-state index contributed by atoms with van der Waals surface area (Å²) < 4.78 is 5.48. The van der Waals surface area contributed by atoms with Gasteiger partial charge in [0.05, 0.1) is 6.04 Å². The van der Waals surface area contributed by atoms with Gasteiger partial charge in [-0.2, -0.15) is 0 Å². The molecule has 2 rings (SSSR count). The molecule has 0 aliphatic rings. The Hall–Kier alpha value is -2.00. The van der Waals surface area contributed by atoms with E-state index < -0.39 is 0 Å². The Morgan fingerprint density at radius 3 is 2.61 bits per heavy atom. The summed E-state index contributed by atoms with van der Waals surface area (Å²) in [6.45, 7) is 6.19. The van der Waals surface area contributed by atoms with Gasteiger partial charge in [-0.15, -0.1) is 0 Å². The lowest BCUT2D eigenvalue weighted by molar-refractivity contribution is -0.123. The van der Waals surface area contributed by atoms with Crippen molar-refractivity contribution in [2.75, 3.05) is 6.61 Å². The van der Waals surface area contributed by atoms with Gasteiger partial charge in [-0.3, -0.25) is 4.79 Å². The molecule has 4 heteroatoms. The zero-order valence-corrected chi connectivity index (χ0v) is 14.5. The first-order valence-corrected chi connectivity index (χ1v) is 8.12. The first kappa shape index (κ1) is 17.4. The molecule has 0 fully saturated rings. The Kier molecular flexibility index (Phi) is 6.05. The van der Waals surface area contributed by atoms with Crippen LogP contribution in [0.1, 0.15) is 36.1 Å². The third-order valence-corrected chi connectivity index (χ3v) is 4.08. The van der Waals surface area contributed by atoms with E-state index in [2.05, 4.69) is 44.3 Å². The average molecular weight is 332 g/mol. The van der Waals surface area contributed by atoms with Gasteiger partial charge in [-0.25, -0.2) is 0 Å². The van der Waals surface area contributed by atoms with Crippen LogP contribution in [0.5, 0.6) is 5.75 Å². The number of rotatable bonds is 6. The summed E-state index contributed by atoms with van der Waals surface area (Å²) in [6, 6.07) is 13.3. The number of halogens is 1. The lowest BCUT2D eigenvalue weighted by atomic mass is 9.99. The van der Waals surface area contributed by atoms with Crippen LogP contribution in [0.15, 0.2) is 42.5 Å². The van der Waals surface area contributed by atoms with E-state index in [1.165, 1.54) is 11.1 Å². The van der Waals surface area contributed by atoms with Gasteiger partial charge in [-0.1, -0.05) is 42.8 Å². The molecule has 0 aliphatic carbocycles. The number of carbonyl (C=O) groups is 1. The first-order valence-electron chi connectivity index (χ1n) is 7.74. The number of nitrogens with one attached hydrogen (secondary N) is 1. The normalized spacial score (nSPS) is 11.8. The van der Waals surface area contributed by atoms with Crippen LogP contribution in [0.3, 0.4) is 0 Å². The molecule has 122 valence electrons. The van der Waals surface area contributed by atoms with E-state index in [1.54, 1.807) is 24.3 Å². The predicted molar refractivity (Wildman–Crippen MR) is 94.0 cm³/mol. The van der Waals surface area contributed by atoms with Gasteiger partial charge in [-0.05, 0) is 55.2 Å². The molecule has 0 bridgehead atoms. The highest BCUT2D eigenvalue weighted by atomic mass is 35.5. The van der Waals surface area contributed by atoms with Crippen LogP contribution >= 0.6 is 11.6 Å². The van der Waals surface area contributed by atoms with Crippen molar-refractivity contribution in [1.82, 2.24) is 5.32 Å². The van der Waals surface area contributed by atoms with Crippen LogP contribution in [0, 0.1) is 13.8 Å². The second-order valence-electron chi connectivity index (χ2n) is 5.62. The molecule has 0 spiro atoms. The van der Waals surface area contributed by atoms with Crippen molar-refractivity contribution in [3.05, 3.63) is 64.2 Å². The molecule has 0 heterocycles. The highest BCUT2D eigenvalue weighted by Gasteiger charge is 2.13. The molecule has 23 heavy (non-hydrogen) atoms. The number of hydrogen-bond donors (Lipinski definition) is 1. The Morgan fingerprint density at radius 2 is 1.96 bits per heavy atom. The van der Waals surface area contributed by atoms with Crippen LogP contribution in [-0.2, 0) is 4.79 Å². The molecule has 0 aromatic heterocycles. The number of amides is 1. The molecule has 3 nitrogen and oxygen atoms in total. The van der Waals surface area contributed by atoms with Crippen molar-refractivity contribution in [2.24, 2.45) is 0 Å². The molecule has 2 aromatic carbocycles. The lowest BCUT2D eigenvalue weighted by Gasteiger charge is -2.19. The molecule has 0 unspecified atom stereocenters. The molecule has 1 N–H and O–H groups in total. The molecule has 0 aliphatic heterocycles. The number of benzene rings is 2. The van der Waals surface area contributed by atoms with E-state index in [0.29, 0.717) is 10.8 Å². The zero-order valence-electron chi connectivity index (χ0n) is 13.7. The highest BCUT2D eigenvalue weighted by molar-refractivity contribution is 6.30. The summed E-state index contributed by atoms with van der Waals surface area (Å²) in [5.41, 5.74) is 3.59. The average Bonchev–Trinajstić information content (AvgIpc) is 2.53. The van der Waals surface area contributed by atoms with E-state index in [-0.39, 0.29) is 18.6 Å². The third-order valence-electron chi connectivity index (χ3n) is 3.84. The summed E-state index contributed by atoms with van der Waals surface area (Å²) in [6.07, 6.45) is 0.825. The second kappa shape index (κ2) is 8.02. The molecule has 2 aromatic rings. The summed E-state index contributed by atoms with van der Waals surface area (Å²) in [5, 5.41) is 3.61. The first-order chi connectivity index (χ1) is 11.0. The summed E-state index contributed by atoms with van der Waals surface area (Å²) in [5.74, 6) is 0.446. The van der Waals surface area contributed by atoms with Crippen molar-refractivity contribution < 1.29 is 9.53 Å². The highest BCUT2D eigenvalue weighted by Crippen LogP contribution is 2.20. The summed E-state index contributed by atoms with van der Waals surface area (Å²) in [4.78, 5) is 12.1. The Balaban J connectivity index is 1.95. The van der Waals surface area contributed by atoms with E-state index in [0.717, 1.165) is 12.0 Å². The van der Waals surface area contributed by atoms with E-state index >= 15 is 0 Å². The number of hydrogen-bond acceptors (Lipinski definition) is 2. The van der Waals surface area contributed by atoms with Gasteiger partial charge in [0.1, 0.15) is 5.75 Å². The molecule has 0 saturated heterocycles. The third kappa shape index (κ3) is 5.00. The Bertz CT molecular complexity index is 685. The van der Waals surface area contributed by atoms with Crippen LogP contribution < -0.4 is 10.1 Å². The number of ether oxygens (including phenoxy) is 1. The minimum atomic E-state index is -0.143. The van der Waals surface area contributed by atoms with Gasteiger partial charge in [0.15, 0.2) is 6.61 Å². The van der Waals surface area contributed by atoms with E-state index in [9.17, 15) is 4.79 Å². The fourth-order valence-electron chi connectivity index (χ4n) is 2.34. The smallest absolute Gasteiger partial charge is 0.258 e. The van der Waals surface area contributed by atoms with Gasteiger partial charge in [0.25, 0.3) is 5.91 Å². The van der Waals surface area contributed by atoms with Crippen molar-refractivity contribution in [3.8, 4) is 5.75 Å². The minimum absolute atomic E-state index is 0.00948. The number of aryl methyl sites for hydroxylation is 2. The van der Waals surface area contributed by atoms with Gasteiger partial charge >= 0.3 is 0 Å². The molecule has 1 atom stereocenters. The maximum Gasteiger partial charge on any atom is 0.258 e. The molecular formula is C19H22ClNO2. The monoisotopic (exact) mass is 331 g/mol. The van der Waals surface area contributed by atoms with E-state index in [1.807, 2.05) is 0 Å². The molecular weight excluding hydrogens is 310 g/mol. The van der Waals surface area contributed by atoms with Crippen molar-refractivity contribution in [1.29, 1.82) is 0 Å². The minimum Gasteiger partial charge on any atom is -0.484 e. The lowest BCUT2D eigenvalue weighted by Crippen LogP contribution is -2.32. The topological polar surface area (TPSA) is 38.3 Å². The van der Waals surface area contributed by atoms with Crippen LogP contribution in [0.2, 0.25) is 5.02 Å². The predicted octanol–water partition coefficient (Wildman–Crippen LogP) is 4.60. The molecule has 0 radical (unpaired) electrons.